The van der Waals surface area contributed by atoms with Gasteiger partial charge in [-0.15, -0.1) is 0 Å². The molecule has 0 bridgehead atoms. The lowest BCUT2D eigenvalue weighted by Gasteiger charge is -2.39. The summed E-state index contributed by atoms with van der Waals surface area (Å²) in [5, 5.41) is 13.9. The zero-order chi connectivity index (χ0) is 18.1. The number of hydrogen-bond acceptors (Lipinski definition) is 3. The van der Waals surface area contributed by atoms with Gasteiger partial charge in [-0.1, -0.05) is 23.7 Å². The Morgan fingerprint density at radius 3 is 2.72 bits per heavy atom. The molecule has 3 rings (SSSR count). The van der Waals surface area contributed by atoms with E-state index < -0.39 is 11.6 Å². The third-order valence-corrected chi connectivity index (χ3v) is 6.08. The standard InChI is InChI=1S/C19H27ClN2O3/c1-18(2)16(23)6-9-22(18)17(24)21-13-19(7-10-25-11-8-19)14-4-3-5-15(20)12-14/h3-5,12,16,23H,6-11,13H2,1-2H3,(H,21,24). The SMILES string of the molecule is CC1(C)C(O)CCN1C(=O)NCC1(c2cccc(Cl)c2)CCOCC1. The van der Waals surface area contributed by atoms with Gasteiger partial charge in [0.25, 0.3) is 0 Å². The van der Waals surface area contributed by atoms with Gasteiger partial charge in [-0.2, -0.15) is 0 Å². The molecule has 1 atom stereocenters. The van der Waals surface area contributed by atoms with E-state index in [4.69, 9.17) is 16.3 Å². The molecule has 2 aliphatic heterocycles. The predicted molar refractivity (Wildman–Crippen MR) is 98.0 cm³/mol. The van der Waals surface area contributed by atoms with Crippen molar-refractivity contribution < 1.29 is 14.6 Å². The van der Waals surface area contributed by atoms with Crippen LogP contribution in [0.3, 0.4) is 0 Å². The Bertz CT molecular complexity index is 629. The van der Waals surface area contributed by atoms with Crippen LogP contribution in [-0.4, -0.2) is 54.0 Å². The molecule has 1 aromatic rings. The number of carbonyl (C=O) groups is 1. The maximum Gasteiger partial charge on any atom is 0.317 e. The molecule has 1 unspecified atom stereocenters. The molecule has 2 aliphatic rings. The lowest BCUT2D eigenvalue weighted by atomic mass is 9.74. The first kappa shape index (κ1) is 18.5. The molecule has 6 heteroatoms. The van der Waals surface area contributed by atoms with E-state index >= 15 is 0 Å². The van der Waals surface area contributed by atoms with Gasteiger partial charge in [0.05, 0.1) is 11.6 Å². The van der Waals surface area contributed by atoms with Crippen LogP contribution in [0.1, 0.15) is 38.7 Å². The summed E-state index contributed by atoms with van der Waals surface area (Å²) in [6.07, 6.45) is 1.83. The fourth-order valence-electron chi connectivity index (χ4n) is 3.92. The normalized spacial score (nSPS) is 25.0. The molecule has 2 heterocycles. The Balaban J connectivity index is 1.75. The van der Waals surface area contributed by atoms with Crippen LogP contribution in [0.25, 0.3) is 0 Å². The van der Waals surface area contributed by atoms with Crippen molar-refractivity contribution in [1.29, 1.82) is 0 Å². The first-order valence-electron chi connectivity index (χ1n) is 8.92. The van der Waals surface area contributed by atoms with Gasteiger partial charge < -0.3 is 20.1 Å². The number of hydrogen-bond donors (Lipinski definition) is 2. The van der Waals surface area contributed by atoms with E-state index in [2.05, 4.69) is 11.4 Å². The van der Waals surface area contributed by atoms with Crippen molar-refractivity contribution in [2.24, 2.45) is 0 Å². The number of amides is 2. The Labute approximate surface area is 154 Å². The van der Waals surface area contributed by atoms with Crippen LogP contribution in [0.15, 0.2) is 24.3 Å². The fraction of sp³-hybridized carbons (Fsp3) is 0.632. The predicted octanol–water partition coefficient (Wildman–Crippen LogP) is 2.94. The molecule has 2 fully saturated rings. The molecular formula is C19H27ClN2O3. The second-order valence-corrected chi connectivity index (χ2v) is 8.11. The molecule has 25 heavy (non-hydrogen) atoms. The highest BCUT2D eigenvalue weighted by Crippen LogP contribution is 2.36. The highest BCUT2D eigenvalue weighted by Gasteiger charge is 2.43. The van der Waals surface area contributed by atoms with E-state index in [9.17, 15) is 9.90 Å². The highest BCUT2D eigenvalue weighted by atomic mass is 35.5. The number of benzene rings is 1. The Morgan fingerprint density at radius 2 is 2.12 bits per heavy atom. The van der Waals surface area contributed by atoms with Crippen molar-refractivity contribution in [3.8, 4) is 0 Å². The number of nitrogens with zero attached hydrogens (tertiary/aromatic N) is 1. The second-order valence-electron chi connectivity index (χ2n) is 7.67. The van der Waals surface area contributed by atoms with Crippen molar-refractivity contribution in [2.75, 3.05) is 26.3 Å². The molecule has 0 spiro atoms. The number of aliphatic hydroxyl groups excluding tert-OH is 1. The van der Waals surface area contributed by atoms with Crippen LogP contribution >= 0.6 is 11.6 Å². The number of likely N-dealkylation sites (tertiary alicyclic amines) is 1. The van der Waals surface area contributed by atoms with Crippen molar-refractivity contribution in [3.05, 3.63) is 34.9 Å². The zero-order valence-corrected chi connectivity index (χ0v) is 15.7. The minimum absolute atomic E-state index is 0.116. The molecule has 0 aromatic heterocycles. The monoisotopic (exact) mass is 366 g/mol. The number of aliphatic hydroxyl groups is 1. The van der Waals surface area contributed by atoms with Crippen LogP contribution < -0.4 is 5.32 Å². The summed E-state index contributed by atoms with van der Waals surface area (Å²) < 4.78 is 5.54. The van der Waals surface area contributed by atoms with Crippen LogP contribution in [0.2, 0.25) is 5.02 Å². The molecule has 0 aliphatic carbocycles. The van der Waals surface area contributed by atoms with E-state index in [0.29, 0.717) is 37.7 Å². The van der Waals surface area contributed by atoms with E-state index in [0.717, 1.165) is 18.4 Å². The highest BCUT2D eigenvalue weighted by molar-refractivity contribution is 6.30. The zero-order valence-electron chi connectivity index (χ0n) is 14.9. The van der Waals surface area contributed by atoms with Crippen LogP contribution in [0, 0.1) is 0 Å². The van der Waals surface area contributed by atoms with E-state index in [1.165, 1.54) is 0 Å². The van der Waals surface area contributed by atoms with E-state index in [1.54, 1.807) is 4.90 Å². The Hall–Kier alpha value is -1.30. The largest absolute Gasteiger partial charge is 0.391 e. The van der Waals surface area contributed by atoms with Gasteiger partial charge in [0.1, 0.15) is 0 Å². The molecule has 5 nitrogen and oxygen atoms in total. The molecule has 2 N–H and O–H groups in total. The lowest BCUT2D eigenvalue weighted by Crippen LogP contribution is -2.54. The van der Waals surface area contributed by atoms with Crippen LogP contribution in [0.5, 0.6) is 0 Å². The average Bonchev–Trinajstić information content (AvgIpc) is 2.87. The number of rotatable bonds is 3. The number of carbonyl (C=O) groups excluding carboxylic acids is 1. The topological polar surface area (TPSA) is 61.8 Å². The molecule has 0 radical (unpaired) electrons. The van der Waals surface area contributed by atoms with E-state index in [1.807, 2.05) is 32.0 Å². The number of halogens is 1. The summed E-state index contributed by atoms with van der Waals surface area (Å²) in [5.41, 5.74) is 0.439. The average molecular weight is 367 g/mol. The summed E-state index contributed by atoms with van der Waals surface area (Å²) in [5.74, 6) is 0. The van der Waals surface area contributed by atoms with Gasteiger partial charge in [0.2, 0.25) is 0 Å². The van der Waals surface area contributed by atoms with Gasteiger partial charge in [-0.25, -0.2) is 4.79 Å². The first-order chi connectivity index (χ1) is 11.8. The summed E-state index contributed by atoms with van der Waals surface area (Å²) >= 11 is 6.19. The maximum atomic E-state index is 12.7. The molecule has 2 amide bonds. The number of ether oxygens (including phenoxy) is 1. The summed E-state index contributed by atoms with van der Waals surface area (Å²) in [6, 6.07) is 7.77. The molecule has 138 valence electrons. The van der Waals surface area contributed by atoms with Gasteiger partial charge in [0, 0.05) is 36.7 Å². The lowest BCUT2D eigenvalue weighted by molar-refractivity contribution is 0.0475. The molecule has 1 aromatic carbocycles. The second kappa shape index (κ2) is 7.14. The summed E-state index contributed by atoms with van der Waals surface area (Å²) in [4.78, 5) is 14.5. The molecule has 2 saturated heterocycles. The molecule has 0 saturated carbocycles. The molecular weight excluding hydrogens is 340 g/mol. The fourth-order valence-corrected chi connectivity index (χ4v) is 4.11. The summed E-state index contributed by atoms with van der Waals surface area (Å²) in [7, 11) is 0. The van der Waals surface area contributed by atoms with Gasteiger partial charge in [-0.05, 0) is 50.8 Å². The third-order valence-electron chi connectivity index (χ3n) is 5.85. The van der Waals surface area contributed by atoms with Crippen molar-refractivity contribution in [1.82, 2.24) is 10.2 Å². The van der Waals surface area contributed by atoms with E-state index in [-0.39, 0.29) is 11.4 Å². The Morgan fingerprint density at radius 1 is 1.40 bits per heavy atom. The van der Waals surface area contributed by atoms with Crippen LogP contribution in [0.4, 0.5) is 4.79 Å². The summed E-state index contributed by atoms with van der Waals surface area (Å²) in [6.45, 7) is 6.29. The van der Waals surface area contributed by atoms with Crippen molar-refractivity contribution in [2.45, 2.75) is 50.2 Å². The number of urea groups is 1. The maximum absolute atomic E-state index is 12.7. The van der Waals surface area contributed by atoms with Crippen LogP contribution in [-0.2, 0) is 10.2 Å². The van der Waals surface area contributed by atoms with Gasteiger partial charge in [-0.3, -0.25) is 0 Å². The van der Waals surface area contributed by atoms with Crippen molar-refractivity contribution >= 4 is 17.6 Å². The number of nitrogens with one attached hydrogen (secondary N) is 1. The minimum atomic E-state index is -0.539. The quantitative estimate of drug-likeness (QED) is 0.864. The van der Waals surface area contributed by atoms with Gasteiger partial charge >= 0.3 is 6.03 Å². The first-order valence-corrected chi connectivity index (χ1v) is 9.30. The van der Waals surface area contributed by atoms with Gasteiger partial charge in [0.15, 0.2) is 0 Å². The smallest absolute Gasteiger partial charge is 0.317 e. The Kier molecular flexibility index (Phi) is 5.28. The third kappa shape index (κ3) is 3.64. The minimum Gasteiger partial charge on any atom is -0.391 e. The van der Waals surface area contributed by atoms with Crippen molar-refractivity contribution in [3.63, 3.8) is 0 Å².